The second-order valence-electron chi connectivity index (χ2n) is 6.58. The minimum Gasteiger partial charge on any atom is -0.337 e. The number of hydrogen-bond donors (Lipinski definition) is 1. The first-order chi connectivity index (χ1) is 12.5. The van der Waals surface area contributed by atoms with Crippen molar-refractivity contribution in [1.29, 1.82) is 0 Å². The summed E-state index contributed by atoms with van der Waals surface area (Å²) in [5.41, 5.74) is 1.52. The van der Waals surface area contributed by atoms with Gasteiger partial charge < -0.3 is 10.2 Å². The topological polar surface area (TPSA) is 63.1 Å². The van der Waals surface area contributed by atoms with E-state index in [1.807, 2.05) is 4.90 Å². The third-order valence-electron chi connectivity index (χ3n) is 4.83. The Hall–Kier alpha value is -1.99. The van der Waals surface area contributed by atoms with Crippen LogP contribution in [-0.2, 0) is 0 Å². The summed E-state index contributed by atoms with van der Waals surface area (Å²) in [4.78, 5) is 14.7. The summed E-state index contributed by atoms with van der Waals surface area (Å²) in [5.74, 6) is 0.00548. The molecule has 0 radical (unpaired) electrons. The van der Waals surface area contributed by atoms with Crippen molar-refractivity contribution in [2.24, 2.45) is 5.92 Å². The van der Waals surface area contributed by atoms with Crippen molar-refractivity contribution in [1.82, 2.24) is 25.2 Å². The maximum absolute atomic E-state index is 13.4. The SMILES string of the molecule is CCNCC1CCN(C(=O)c2nnn(-c3ccc(F)c(Cl)c3)c2C)CC1. The average Bonchev–Trinajstić information content (AvgIpc) is 3.03. The summed E-state index contributed by atoms with van der Waals surface area (Å²) in [6, 6.07) is 4.30. The van der Waals surface area contributed by atoms with Gasteiger partial charge in [0.2, 0.25) is 0 Å². The van der Waals surface area contributed by atoms with E-state index in [-0.39, 0.29) is 10.9 Å². The minimum atomic E-state index is -0.495. The zero-order valence-electron chi connectivity index (χ0n) is 15.0. The molecule has 0 atom stereocenters. The van der Waals surface area contributed by atoms with Crippen LogP contribution in [0.15, 0.2) is 18.2 Å². The molecule has 1 aliphatic rings. The second-order valence-corrected chi connectivity index (χ2v) is 6.98. The first-order valence-electron chi connectivity index (χ1n) is 8.89. The number of nitrogens with zero attached hydrogens (tertiary/aromatic N) is 4. The summed E-state index contributed by atoms with van der Waals surface area (Å²) in [7, 11) is 0. The summed E-state index contributed by atoms with van der Waals surface area (Å²) in [5, 5.41) is 11.5. The van der Waals surface area contributed by atoms with Crippen molar-refractivity contribution in [2.45, 2.75) is 26.7 Å². The quantitative estimate of drug-likeness (QED) is 0.867. The molecule has 1 saturated heterocycles. The van der Waals surface area contributed by atoms with Crippen molar-refractivity contribution in [3.8, 4) is 5.69 Å². The average molecular weight is 380 g/mol. The molecule has 6 nitrogen and oxygen atoms in total. The van der Waals surface area contributed by atoms with Crippen LogP contribution < -0.4 is 5.32 Å². The number of halogens is 2. The van der Waals surface area contributed by atoms with Crippen LogP contribution in [0.1, 0.15) is 35.9 Å². The molecule has 8 heteroatoms. The lowest BCUT2D eigenvalue weighted by Crippen LogP contribution is -2.41. The normalized spacial score (nSPS) is 15.5. The number of carbonyl (C=O) groups excluding carboxylic acids is 1. The van der Waals surface area contributed by atoms with E-state index < -0.39 is 5.82 Å². The number of piperidine rings is 1. The zero-order chi connectivity index (χ0) is 18.7. The van der Waals surface area contributed by atoms with Gasteiger partial charge in [0.1, 0.15) is 5.82 Å². The number of carbonyl (C=O) groups is 1. The van der Waals surface area contributed by atoms with E-state index in [0.717, 1.165) is 39.0 Å². The van der Waals surface area contributed by atoms with E-state index >= 15 is 0 Å². The Balaban J connectivity index is 1.71. The van der Waals surface area contributed by atoms with E-state index in [1.165, 1.54) is 16.8 Å². The number of rotatable bonds is 5. The number of aromatic nitrogens is 3. The molecule has 1 aromatic heterocycles. The Morgan fingerprint density at radius 1 is 1.38 bits per heavy atom. The maximum atomic E-state index is 13.4. The molecule has 1 fully saturated rings. The lowest BCUT2D eigenvalue weighted by atomic mass is 9.96. The fourth-order valence-electron chi connectivity index (χ4n) is 3.23. The summed E-state index contributed by atoms with van der Waals surface area (Å²) >= 11 is 5.84. The van der Waals surface area contributed by atoms with Gasteiger partial charge in [-0.25, -0.2) is 9.07 Å². The monoisotopic (exact) mass is 379 g/mol. The molecule has 0 bridgehead atoms. The molecule has 0 aliphatic carbocycles. The lowest BCUT2D eigenvalue weighted by Gasteiger charge is -2.31. The first-order valence-corrected chi connectivity index (χ1v) is 9.26. The number of amides is 1. The fraction of sp³-hybridized carbons (Fsp3) is 0.500. The van der Waals surface area contributed by atoms with E-state index in [1.54, 1.807) is 13.0 Å². The molecule has 1 aliphatic heterocycles. The van der Waals surface area contributed by atoms with Gasteiger partial charge in [-0.15, -0.1) is 5.10 Å². The molecule has 26 heavy (non-hydrogen) atoms. The maximum Gasteiger partial charge on any atom is 0.276 e. The zero-order valence-corrected chi connectivity index (χ0v) is 15.8. The van der Waals surface area contributed by atoms with Crippen LogP contribution in [0.25, 0.3) is 5.69 Å². The van der Waals surface area contributed by atoms with Crippen molar-refractivity contribution in [2.75, 3.05) is 26.2 Å². The molecule has 140 valence electrons. The van der Waals surface area contributed by atoms with Crippen LogP contribution >= 0.6 is 11.6 Å². The van der Waals surface area contributed by atoms with Crippen LogP contribution in [0.2, 0.25) is 5.02 Å². The first kappa shape index (κ1) is 18.8. The highest BCUT2D eigenvalue weighted by Crippen LogP contribution is 2.22. The highest BCUT2D eigenvalue weighted by atomic mass is 35.5. The number of benzene rings is 1. The standard InChI is InChI=1S/C18H23ClFN5O/c1-3-21-11-13-6-8-24(9-7-13)18(26)17-12(2)25(23-22-17)14-4-5-16(20)15(19)10-14/h4-5,10,13,21H,3,6-9,11H2,1-2H3. The molecule has 1 N–H and O–H groups in total. The minimum absolute atomic E-state index is 0.00744. The third kappa shape index (κ3) is 3.88. The van der Waals surface area contributed by atoms with Crippen molar-refractivity contribution >= 4 is 17.5 Å². The van der Waals surface area contributed by atoms with Crippen molar-refractivity contribution in [3.05, 3.63) is 40.4 Å². The Kier molecular flexibility index (Phi) is 5.88. The van der Waals surface area contributed by atoms with Gasteiger partial charge in [-0.05, 0) is 57.0 Å². The molecular formula is C18H23ClFN5O. The van der Waals surface area contributed by atoms with Crippen molar-refractivity contribution in [3.63, 3.8) is 0 Å². The van der Waals surface area contributed by atoms with Gasteiger partial charge in [0, 0.05) is 13.1 Å². The van der Waals surface area contributed by atoms with Crippen molar-refractivity contribution < 1.29 is 9.18 Å². The molecule has 1 amide bonds. The van der Waals surface area contributed by atoms with Crippen LogP contribution in [0.5, 0.6) is 0 Å². The molecule has 1 aromatic carbocycles. The largest absolute Gasteiger partial charge is 0.337 e. The summed E-state index contributed by atoms with van der Waals surface area (Å²) < 4.78 is 14.9. The summed E-state index contributed by atoms with van der Waals surface area (Å²) in [6.45, 7) is 7.29. The Morgan fingerprint density at radius 3 is 2.77 bits per heavy atom. The Labute approximate surface area is 157 Å². The van der Waals surface area contributed by atoms with Crippen LogP contribution in [0.3, 0.4) is 0 Å². The molecule has 3 rings (SSSR count). The van der Waals surface area contributed by atoms with E-state index in [0.29, 0.717) is 23.0 Å². The van der Waals surface area contributed by atoms with Gasteiger partial charge in [-0.3, -0.25) is 4.79 Å². The van der Waals surface area contributed by atoms with E-state index in [2.05, 4.69) is 22.6 Å². The summed E-state index contributed by atoms with van der Waals surface area (Å²) in [6.07, 6.45) is 1.97. The highest BCUT2D eigenvalue weighted by molar-refractivity contribution is 6.30. The van der Waals surface area contributed by atoms with E-state index in [4.69, 9.17) is 11.6 Å². The van der Waals surface area contributed by atoms with E-state index in [9.17, 15) is 9.18 Å². The molecule has 2 heterocycles. The van der Waals surface area contributed by atoms with Crippen LogP contribution in [0, 0.1) is 18.7 Å². The number of hydrogen-bond acceptors (Lipinski definition) is 4. The second kappa shape index (κ2) is 8.14. The van der Waals surface area contributed by atoms with Crippen LogP contribution in [0.4, 0.5) is 4.39 Å². The van der Waals surface area contributed by atoms with Gasteiger partial charge in [-0.1, -0.05) is 23.7 Å². The van der Waals surface area contributed by atoms with Gasteiger partial charge in [0.15, 0.2) is 5.69 Å². The molecular weight excluding hydrogens is 357 g/mol. The number of likely N-dealkylation sites (tertiary alicyclic amines) is 1. The molecule has 2 aromatic rings. The van der Waals surface area contributed by atoms with Gasteiger partial charge in [0.05, 0.1) is 16.4 Å². The third-order valence-corrected chi connectivity index (χ3v) is 5.12. The Morgan fingerprint density at radius 2 is 2.12 bits per heavy atom. The smallest absolute Gasteiger partial charge is 0.276 e. The molecule has 0 saturated carbocycles. The lowest BCUT2D eigenvalue weighted by molar-refractivity contribution is 0.0683. The number of nitrogens with one attached hydrogen (secondary N) is 1. The van der Waals surface area contributed by atoms with Gasteiger partial charge in [0.25, 0.3) is 5.91 Å². The van der Waals surface area contributed by atoms with Gasteiger partial charge in [-0.2, -0.15) is 0 Å². The molecule has 0 spiro atoms. The predicted molar refractivity (Wildman–Crippen MR) is 98.2 cm³/mol. The fourth-order valence-corrected chi connectivity index (χ4v) is 3.40. The van der Waals surface area contributed by atoms with Crippen LogP contribution in [-0.4, -0.2) is 52.0 Å². The highest BCUT2D eigenvalue weighted by Gasteiger charge is 2.27. The van der Waals surface area contributed by atoms with Gasteiger partial charge >= 0.3 is 0 Å². The molecule has 0 unspecified atom stereocenters. The predicted octanol–water partition coefficient (Wildman–Crippen LogP) is 2.83. The Bertz CT molecular complexity index is 786.